The molecule has 0 aliphatic heterocycles. The van der Waals surface area contributed by atoms with E-state index < -0.39 is 0 Å². The fraction of sp³-hybridized carbons (Fsp3) is 0.238. The first-order valence-electron chi connectivity index (χ1n) is 9.04. The fourth-order valence-electron chi connectivity index (χ4n) is 2.47. The van der Waals surface area contributed by atoms with E-state index in [-0.39, 0.29) is 22.8 Å². The van der Waals surface area contributed by atoms with Crippen molar-refractivity contribution in [3.05, 3.63) is 64.4 Å². The summed E-state index contributed by atoms with van der Waals surface area (Å²) in [5, 5.41) is 12.0. The van der Waals surface area contributed by atoms with E-state index in [9.17, 15) is 4.79 Å². The zero-order valence-corrected chi connectivity index (χ0v) is 16.8. The van der Waals surface area contributed by atoms with Crippen molar-refractivity contribution in [2.75, 3.05) is 12.5 Å². The number of anilines is 1. The molecule has 0 aliphatic carbocycles. The van der Waals surface area contributed by atoms with Crippen molar-refractivity contribution >= 4 is 12.2 Å². The standard InChI is InChI=1S/C21H23N5O3/c1-21(2,3)29-17-9-5-14(6-10-17)13-22-25-20-23-19(27)18(24-26-20)15-7-11-16(28-4)12-8-15/h5-13H,1-4H3,(H2,23,25,26,27)/b22-13+. The van der Waals surface area contributed by atoms with Crippen LogP contribution in [-0.4, -0.2) is 34.1 Å². The van der Waals surface area contributed by atoms with Gasteiger partial charge in [-0.05, 0) is 74.9 Å². The normalized spacial score (nSPS) is 11.4. The summed E-state index contributed by atoms with van der Waals surface area (Å²) in [5.41, 5.74) is 3.78. The summed E-state index contributed by atoms with van der Waals surface area (Å²) in [5.74, 6) is 1.63. The summed E-state index contributed by atoms with van der Waals surface area (Å²) in [6.07, 6.45) is 1.61. The Morgan fingerprint density at radius 3 is 2.24 bits per heavy atom. The van der Waals surface area contributed by atoms with E-state index in [1.54, 1.807) is 37.6 Å². The van der Waals surface area contributed by atoms with Gasteiger partial charge < -0.3 is 9.47 Å². The molecule has 3 aromatic rings. The second-order valence-electron chi connectivity index (χ2n) is 7.23. The third-order valence-corrected chi connectivity index (χ3v) is 3.75. The van der Waals surface area contributed by atoms with Crippen molar-refractivity contribution < 1.29 is 9.47 Å². The van der Waals surface area contributed by atoms with E-state index >= 15 is 0 Å². The molecule has 3 rings (SSSR count). The molecule has 2 N–H and O–H groups in total. The molecule has 0 saturated heterocycles. The first-order chi connectivity index (χ1) is 13.8. The lowest BCUT2D eigenvalue weighted by Gasteiger charge is -2.21. The van der Waals surface area contributed by atoms with Crippen LogP contribution in [-0.2, 0) is 0 Å². The smallest absolute Gasteiger partial charge is 0.279 e. The number of hydrogen-bond acceptors (Lipinski definition) is 7. The first kappa shape index (κ1) is 20.1. The largest absolute Gasteiger partial charge is 0.497 e. The molecule has 8 nitrogen and oxygen atoms in total. The summed E-state index contributed by atoms with van der Waals surface area (Å²) in [6, 6.07) is 14.5. The maximum atomic E-state index is 12.3. The summed E-state index contributed by atoms with van der Waals surface area (Å²) >= 11 is 0. The maximum absolute atomic E-state index is 12.3. The fourth-order valence-corrected chi connectivity index (χ4v) is 2.47. The zero-order valence-electron chi connectivity index (χ0n) is 16.8. The Morgan fingerprint density at radius 1 is 1.00 bits per heavy atom. The van der Waals surface area contributed by atoms with Gasteiger partial charge in [0.05, 0.1) is 13.3 Å². The van der Waals surface area contributed by atoms with E-state index in [0.29, 0.717) is 11.3 Å². The Kier molecular flexibility index (Phi) is 5.92. The van der Waals surface area contributed by atoms with Gasteiger partial charge in [-0.3, -0.25) is 9.78 Å². The van der Waals surface area contributed by atoms with Gasteiger partial charge in [0.25, 0.3) is 5.56 Å². The van der Waals surface area contributed by atoms with Crippen LogP contribution in [0.2, 0.25) is 0 Å². The average molecular weight is 393 g/mol. The van der Waals surface area contributed by atoms with E-state index in [0.717, 1.165) is 11.3 Å². The predicted octanol–water partition coefficient (Wildman–Crippen LogP) is 3.46. The number of nitrogens with one attached hydrogen (secondary N) is 2. The van der Waals surface area contributed by atoms with Crippen LogP contribution in [0.1, 0.15) is 26.3 Å². The Morgan fingerprint density at radius 2 is 1.66 bits per heavy atom. The number of ether oxygens (including phenoxy) is 2. The van der Waals surface area contributed by atoms with Crippen LogP contribution in [0.4, 0.5) is 5.95 Å². The summed E-state index contributed by atoms with van der Waals surface area (Å²) in [6.45, 7) is 5.98. The predicted molar refractivity (Wildman–Crippen MR) is 113 cm³/mol. The van der Waals surface area contributed by atoms with Crippen LogP contribution in [0.25, 0.3) is 11.3 Å². The molecule has 0 fully saturated rings. The van der Waals surface area contributed by atoms with Gasteiger partial charge in [-0.15, -0.1) is 10.2 Å². The van der Waals surface area contributed by atoms with Crippen LogP contribution in [0, 0.1) is 0 Å². The number of nitrogens with zero attached hydrogens (tertiary/aromatic N) is 3. The lowest BCUT2D eigenvalue weighted by Crippen LogP contribution is -2.22. The molecular formula is C21H23N5O3. The van der Waals surface area contributed by atoms with Crippen LogP contribution in [0.3, 0.4) is 0 Å². The van der Waals surface area contributed by atoms with Crippen LogP contribution in [0.15, 0.2) is 58.4 Å². The van der Waals surface area contributed by atoms with Crippen molar-refractivity contribution in [1.82, 2.24) is 15.2 Å². The summed E-state index contributed by atoms with van der Waals surface area (Å²) in [7, 11) is 1.58. The molecule has 2 aromatic carbocycles. The quantitative estimate of drug-likeness (QED) is 0.491. The summed E-state index contributed by atoms with van der Waals surface area (Å²) in [4.78, 5) is 14.9. The highest BCUT2D eigenvalue weighted by Crippen LogP contribution is 2.18. The number of H-pyrrole nitrogens is 1. The molecule has 0 aliphatic rings. The van der Waals surface area contributed by atoms with Crippen LogP contribution >= 0.6 is 0 Å². The maximum Gasteiger partial charge on any atom is 0.279 e. The monoisotopic (exact) mass is 393 g/mol. The van der Waals surface area contributed by atoms with E-state index in [4.69, 9.17) is 9.47 Å². The molecule has 0 amide bonds. The van der Waals surface area contributed by atoms with Crippen LogP contribution < -0.4 is 20.5 Å². The SMILES string of the molecule is COc1ccc(-c2nnc(N/N=C/c3ccc(OC(C)(C)C)cc3)[nH]c2=O)cc1. The van der Waals surface area contributed by atoms with Gasteiger partial charge >= 0.3 is 0 Å². The minimum atomic E-state index is -0.369. The third-order valence-electron chi connectivity index (χ3n) is 3.75. The molecule has 0 spiro atoms. The molecule has 0 atom stereocenters. The Bertz CT molecular complexity index is 1040. The molecule has 0 bridgehead atoms. The minimum Gasteiger partial charge on any atom is -0.497 e. The van der Waals surface area contributed by atoms with Crippen molar-refractivity contribution in [3.63, 3.8) is 0 Å². The van der Waals surface area contributed by atoms with Crippen molar-refractivity contribution in [2.45, 2.75) is 26.4 Å². The number of hydrogen-bond donors (Lipinski definition) is 2. The molecule has 29 heavy (non-hydrogen) atoms. The molecule has 0 radical (unpaired) electrons. The number of rotatable bonds is 6. The topological polar surface area (TPSA) is 101 Å². The van der Waals surface area contributed by atoms with Gasteiger partial charge in [0.15, 0.2) is 5.69 Å². The Hall–Kier alpha value is -3.68. The second kappa shape index (κ2) is 8.55. The lowest BCUT2D eigenvalue weighted by molar-refractivity contribution is 0.131. The molecule has 1 aromatic heterocycles. The van der Waals surface area contributed by atoms with Crippen molar-refractivity contribution in [3.8, 4) is 22.8 Å². The van der Waals surface area contributed by atoms with Crippen LogP contribution in [0.5, 0.6) is 11.5 Å². The highest BCUT2D eigenvalue weighted by molar-refractivity contribution is 5.80. The van der Waals surface area contributed by atoms with Crippen molar-refractivity contribution in [2.24, 2.45) is 5.10 Å². The molecule has 150 valence electrons. The minimum absolute atomic E-state index is 0.149. The average Bonchev–Trinajstić information content (AvgIpc) is 2.68. The number of methoxy groups -OCH3 is 1. The van der Waals surface area contributed by atoms with E-state index in [1.807, 2.05) is 45.0 Å². The van der Waals surface area contributed by atoms with E-state index in [1.165, 1.54) is 0 Å². The van der Waals surface area contributed by atoms with Gasteiger partial charge in [-0.1, -0.05) is 0 Å². The van der Waals surface area contributed by atoms with Gasteiger partial charge in [-0.25, -0.2) is 5.43 Å². The highest BCUT2D eigenvalue weighted by atomic mass is 16.5. The second-order valence-corrected chi connectivity index (χ2v) is 7.23. The number of benzene rings is 2. The third kappa shape index (κ3) is 5.65. The molecule has 0 unspecified atom stereocenters. The number of hydrazone groups is 1. The lowest BCUT2D eigenvalue weighted by atomic mass is 10.1. The number of aromatic amines is 1. The molecule has 1 heterocycles. The van der Waals surface area contributed by atoms with Gasteiger partial charge in [0, 0.05) is 5.56 Å². The van der Waals surface area contributed by atoms with Gasteiger partial charge in [-0.2, -0.15) is 5.10 Å². The first-order valence-corrected chi connectivity index (χ1v) is 9.04. The molecular weight excluding hydrogens is 370 g/mol. The van der Waals surface area contributed by atoms with Gasteiger partial charge in [0.2, 0.25) is 5.95 Å². The van der Waals surface area contributed by atoms with Crippen molar-refractivity contribution in [1.29, 1.82) is 0 Å². The van der Waals surface area contributed by atoms with Gasteiger partial charge in [0.1, 0.15) is 17.1 Å². The zero-order chi connectivity index (χ0) is 20.9. The molecule has 8 heteroatoms. The number of aromatic nitrogens is 3. The Balaban J connectivity index is 1.65. The Labute approximate surface area is 168 Å². The molecule has 0 saturated carbocycles. The summed E-state index contributed by atoms with van der Waals surface area (Å²) < 4.78 is 10.9. The highest BCUT2D eigenvalue weighted by Gasteiger charge is 2.11. The van der Waals surface area contributed by atoms with E-state index in [2.05, 4.69) is 25.7 Å².